The first-order chi connectivity index (χ1) is 13.7. The second-order valence-electron chi connectivity index (χ2n) is 6.04. The number of hydrogen-bond acceptors (Lipinski definition) is 5. The molecule has 3 aromatic rings. The highest BCUT2D eigenvalue weighted by Crippen LogP contribution is 2.30. The van der Waals surface area contributed by atoms with Gasteiger partial charge in [0.05, 0.1) is 12.2 Å². The Bertz CT molecular complexity index is 1050. The SMILES string of the molecule is O=S(=O)(CC(F)(F)F)N(Cc1cncnc1)c1cccc(Oc2ccccc2)c1. The first kappa shape index (κ1) is 20.6. The number of anilines is 1. The van der Waals surface area contributed by atoms with Crippen LogP contribution in [-0.4, -0.2) is 30.3 Å². The molecule has 3 rings (SSSR count). The van der Waals surface area contributed by atoms with Gasteiger partial charge in [-0.05, 0) is 24.3 Å². The van der Waals surface area contributed by atoms with Gasteiger partial charge in [-0.3, -0.25) is 4.31 Å². The van der Waals surface area contributed by atoms with Gasteiger partial charge in [-0.25, -0.2) is 18.4 Å². The minimum atomic E-state index is -4.89. The maximum Gasteiger partial charge on any atom is 0.404 e. The zero-order valence-corrected chi connectivity index (χ0v) is 15.8. The summed E-state index contributed by atoms with van der Waals surface area (Å²) < 4.78 is 70.1. The lowest BCUT2D eigenvalue weighted by molar-refractivity contribution is -0.106. The van der Waals surface area contributed by atoms with E-state index in [9.17, 15) is 21.6 Å². The molecule has 0 fully saturated rings. The third kappa shape index (κ3) is 5.92. The molecule has 10 heteroatoms. The fourth-order valence-corrected chi connectivity index (χ4v) is 3.89. The number of nitrogens with zero attached hydrogens (tertiary/aromatic N) is 3. The molecule has 0 aliphatic carbocycles. The lowest BCUT2D eigenvalue weighted by atomic mass is 10.2. The van der Waals surface area contributed by atoms with Crippen LogP contribution in [0.4, 0.5) is 18.9 Å². The summed E-state index contributed by atoms with van der Waals surface area (Å²) in [6.45, 7) is -0.353. The minimum absolute atomic E-state index is 0.0338. The van der Waals surface area contributed by atoms with Crippen LogP contribution >= 0.6 is 0 Å². The Morgan fingerprint density at radius 2 is 1.59 bits per heavy atom. The Balaban J connectivity index is 1.96. The molecule has 0 saturated heterocycles. The van der Waals surface area contributed by atoms with E-state index in [0.717, 1.165) is 0 Å². The molecule has 2 aromatic carbocycles. The van der Waals surface area contributed by atoms with Crippen molar-refractivity contribution in [1.82, 2.24) is 9.97 Å². The summed E-state index contributed by atoms with van der Waals surface area (Å²) >= 11 is 0. The molecule has 29 heavy (non-hydrogen) atoms. The van der Waals surface area contributed by atoms with E-state index in [4.69, 9.17) is 4.74 Å². The molecular weight excluding hydrogens is 407 g/mol. The van der Waals surface area contributed by atoms with Gasteiger partial charge in [0.25, 0.3) is 0 Å². The van der Waals surface area contributed by atoms with E-state index in [1.807, 2.05) is 0 Å². The largest absolute Gasteiger partial charge is 0.457 e. The van der Waals surface area contributed by atoms with E-state index in [2.05, 4.69) is 9.97 Å². The number of rotatable bonds is 7. The Hall–Kier alpha value is -3.14. The number of para-hydroxylation sites is 1. The van der Waals surface area contributed by atoms with Gasteiger partial charge in [0.1, 0.15) is 17.8 Å². The molecule has 0 aliphatic heterocycles. The summed E-state index contributed by atoms with van der Waals surface area (Å²) in [5.74, 6) is -1.20. The molecule has 0 radical (unpaired) electrons. The standard InChI is InChI=1S/C19H16F3N3O3S/c20-19(21,22)13-29(26,27)25(12-15-10-23-14-24-11-15)16-5-4-8-18(9-16)28-17-6-2-1-3-7-17/h1-11,14H,12-13H2. The lowest BCUT2D eigenvalue weighted by Crippen LogP contribution is -2.37. The van der Waals surface area contributed by atoms with E-state index >= 15 is 0 Å². The quantitative estimate of drug-likeness (QED) is 0.570. The van der Waals surface area contributed by atoms with Gasteiger partial charge in [-0.15, -0.1) is 0 Å². The molecular formula is C19H16F3N3O3S. The van der Waals surface area contributed by atoms with Crippen LogP contribution in [0, 0.1) is 0 Å². The van der Waals surface area contributed by atoms with E-state index in [1.54, 1.807) is 36.4 Å². The van der Waals surface area contributed by atoms with Crippen molar-refractivity contribution >= 4 is 15.7 Å². The molecule has 0 atom stereocenters. The highest BCUT2D eigenvalue weighted by atomic mass is 32.2. The number of aromatic nitrogens is 2. The second kappa shape index (κ2) is 8.48. The predicted molar refractivity (Wildman–Crippen MR) is 101 cm³/mol. The van der Waals surface area contributed by atoms with Crippen LogP contribution in [0.3, 0.4) is 0 Å². The van der Waals surface area contributed by atoms with Gasteiger partial charge in [0.15, 0.2) is 5.75 Å². The summed E-state index contributed by atoms with van der Waals surface area (Å²) in [5.41, 5.74) is 0.374. The number of halogens is 3. The molecule has 0 N–H and O–H groups in total. The van der Waals surface area contributed by atoms with Crippen molar-refractivity contribution in [1.29, 1.82) is 0 Å². The zero-order chi connectivity index (χ0) is 20.9. The third-order valence-corrected chi connectivity index (χ3v) is 5.41. The fourth-order valence-electron chi connectivity index (χ4n) is 2.54. The third-order valence-electron chi connectivity index (χ3n) is 3.71. The highest BCUT2D eigenvalue weighted by Gasteiger charge is 2.38. The average molecular weight is 423 g/mol. The number of ether oxygens (including phenoxy) is 1. The number of sulfonamides is 1. The van der Waals surface area contributed by atoms with Crippen molar-refractivity contribution in [3.8, 4) is 11.5 Å². The van der Waals surface area contributed by atoms with Crippen molar-refractivity contribution < 1.29 is 26.3 Å². The Kier molecular flexibility index (Phi) is 6.02. The van der Waals surface area contributed by atoms with Crippen LogP contribution in [0.25, 0.3) is 0 Å². The van der Waals surface area contributed by atoms with E-state index in [0.29, 0.717) is 15.6 Å². The van der Waals surface area contributed by atoms with Crippen molar-refractivity contribution in [3.63, 3.8) is 0 Å². The molecule has 1 aromatic heterocycles. The van der Waals surface area contributed by atoms with E-state index in [1.165, 1.54) is 36.9 Å². The second-order valence-corrected chi connectivity index (χ2v) is 7.93. The molecule has 0 saturated carbocycles. The van der Waals surface area contributed by atoms with Crippen molar-refractivity contribution in [2.24, 2.45) is 0 Å². The van der Waals surface area contributed by atoms with Crippen molar-refractivity contribution in [2.45, 2.75) is 12.7 Å². The lowest BCUT2D eigenvalue weighted by Gasteiger charge is -2.25. The van der Waals surface area contributed by atoms with E-state index in [-0.39, 0.29) is 18.0 Å². The smallest absolute Gasteiger partial charge is 0.404 e. The topological polar surface area (TPSA) is 72.4 Å². The molecule has 1 heterocycles. The van der Waals surface area contributed by atoms with Gasteiger partial charge in [0.2, 0.25) is 10.0 Å². The average Bonchev–Trinajstić information content (AvgIpc) is 2.66. The van der Waals surface area contributed by atoms with Gasteiger partial charge in [0, 0.05) is 24.0 Å². The van der Waals surface area contributed by atoms with Gasteiger partial charge >= 0.3 is 6.18 Å². The maximum atomic E-state index is 12.9. The van der Waals surface area contributed by atoms with E-state index < -0.39 is 22.0 Å². The predicted octanol–water partition coefficient (Wildman–Crippen LogP) is 4.17. The minimum Gasteiger partial charge on any atom is -0.457 e. The Labute approximate surface area is 165 Å². The summed E-state index contributed by atoms with van der Waals surface area (Å²) in [6.07, 6.45) is -0.963. The molecule has 152 valence electrons. The van der Waals surface area contributed by atoms with Crippen LogP contribution < -0.4 is 9.04 Å². The first-order valence-electron chi connectivity index (χ1n) is 8.37. The van der Waals surface area contributed by atoms with Crippen LogP contribution in [0.15, 0.2) is 73.3 Å². The first-order valence-corrected chi connectivity index (χ1v) is 9.98. The normalized spacial score (nSPS) is 11.8. The van der Waals surface area contributed by atoms with Gasteiger partial charge in [-0.2, -0.15) is 13.2 Å². The molecule has 0 amide bonds. The summed E-state index contributed by atoms with van der Waals surface area (Å²) in [4.78, 5) is 7.56. The molecule has 0 bridgehead atoms. The van der Waals surface area contributed by atoms with Gasteiger partial charge < -0.3 is 4.74 Å². The zero-order valence-electron chi connectivity index (χ0n) is 15.0. The van der Waals surface area contributed by atoms with Crippen LogP contribution in [0.5, 0.6) is 11.5 Å². The maximum absolute atomic E-state index is 12.9. The summed E-state index contributed by atoms with van der Waals surface area (Å²) in [7, 11) is -4.72. The highest BCUT2D eigenvalue weighted by molar-refractivity contribution is 7.92. The molecule has 0 aliphatic rings. The van der Waals surface area contributed by atoms with Crippen LogP contribution in [0.1, 0.15) is 5.56 Å². The molecule has 0 unspecified atom stereocenters. The van der Waals surface area contributed by atoms with Crippen LogP contribution in [-0.2, 0) is 16.6 Å². The van der Waals surface area contributed by atoms with Gasteiger partial charge in [-0.1, -0.05) is 24.3 Å². The van der Waals surface area contributed by atoms with Crippen molar-refractivity contribution in [3.05, 3.63) is 78.9 Å². The summed E-state index contributed by atoms with van der Waals surface area (Å²) in [5, 5.41) is 0. The number of benzene rings is 2. The molecule has 0 spiro atoms. The Morgan fingerprint density at radius 3 is 2.24 bits per heavy atom. The Morgan fingerprint density at radius 1 is 0.931 bits per heavy atom. The number of alkyl halides is 3. The summed E-state index contributed by atoms with van der Waals surface area (Å²) in [6, 6.07) is 14.6. The van der Waals surface area contributed by atoms with Crippen molar-refractivity contribution in [2.75, 3.05) is 10.1 Å². The van der Waals surface area contributed by atoms with Crippen LogP contribution in [0.2, 0.25) is 0 Å². The number of hydrogen-bond donors (Lipinski definition) is 0. The monoisotopic (exact) mass is 423 g/mol. The molecule has 6 nitrogen and oxygen atoms in total. The fraction of sp³-hybridized carbons (Fsp3) is 0.158.